The molecule has 0 saturated heterocycles. The minimum Gasteiger partial charge on any atom is -0.242 e. The second-order valence-corrected chi connectivity index (χ2v) is 9.55. The Morgan fingerprint density at radius 3 is 0.745 bits per heavy atom. The van der Waals surface area contributed by atoms with Gasteiger partial charge in [-0.25, -0.2) is 9.97 Å². The van der Waals surface area contributed by atoms with E-state index in [0.717, 1.165) is 0 Å². The monoisotopic (exact) mass is 772 g/mol. The number of nitrogens with zero attached hydrogens (tertiary/aromatic N) is 2. The first-order valence-electron chi connectivity index (χ1n) is 10.4. The van der Waals surface area contributed by atoms with Crippen LogP contribution in [0, 0.1) is 0 Å². The lowest BCUT2D eigenvalue weighted by atomic mass is 9.88. The highest BCUT2D eigenvalue weighted by Gasteiger charge is 2.93. The first-order chi connectivity index (χ1) is 20.2. The molecule has 0 radical (unpaired) electrons. The first-order valence-corrected chi connectivity index (χ1v) is 11.3. The van der Waals surface area contributed by atoms with Crippen molar-refractivity contribution < 1.29 is 114 Å². The number of aromatic nitrogens is 2. The molecule has 0 unspecified atom stereocenters. The Morgan fingerprint density at radius 2 is 0.532 bits per heavy atom. The summed E-state index contributed by atoms with van der Waals surface area (Å²) >= 11 is -0.136. The SMILES string of the molecule is FC(F)(F)C(F)(F)C(F)(F)C(F)(F)C(F)(F)C(F)(F)c1nc2cscc2nc1C(F)(F)C(F)(F)C(F)(F)C(F)(F)C(F)(F)C(F)(F)F. The average molecular weight is 772 g/mol. The van der Waals surface area contributed by atoms with Gasteiger partial charge in [0, 0.05) is 10.8 Å². The molecule has 0 aromatic carbocycles. The molecule has 2 rings (SSSR count). The molecule has 0 saturated carbocycles. The third-order valence-corrected chi connectivity index (χ3v) is 6.49. The predicted octanol–water partition coefficient (Wildman–Crippen LogP) is 10.1. The van der Waals surface area contributed by atoms with Gasteiger partial charge in [0.15, 0.2) is 0 Å². The van der Waals surface area contributed by atoms with Crippen LogP contribution in [0.4, 0.5) is 114 Å². The van der Waals surface area contributed by atoms with E-state index in [-0.39, 0.29) is 22.1 Å². The molecule has 2 aromatic rings. The summed E-state index contributed by atoms with van der Waals surface area (Å²) < 4.78 is 352. The number of hydrogen-bond donors (Lipinski definition) is 0. The summed E-state index contributed by atoms with van der Waals surface area (Å²) in [6, 6.07) is 0. The molecular weight excluding hydrogens is 770 g/mol. The molecule has 2 aromatic heterocycles. The standard InChI is InChI=1S/C18H2F26N2S/c19-7(20,9(23,24)11(27,28)13(31,32)15(35,36)17(39,40)41)5-6(46-4-2-47-1-3(4)45-5)8(21,22)10(25,26)12(29,30)14(33,34)16(37,38)18(42,43)44/h1-2H. The minimum atomic E-state index is -8.88. The van der Waals surface area contributed by atoms with Gasteiger partial charge in [0.1, 0.15) is 11.4 Å². The summed E-state index contributed by atoms with van der Waals surface area (Å²) in [4.78, 5) is 3.70. The molecule has 0 amide bonds. The summed E-state index contributed by atoms with van der Waals surface area (Å²) in [6.45, 7) is 0. The fraction of sp³-hybridized carbons (Fsp3) is 0.667. The van der Waals surface area contributed by atoms with E-state index in [1.165, 1.54) is 0 Å². The van der Waals surface area contributed by atoms with Crippen LogP contribution in [-0.2, 0) is 11.8 Å². The lowest BCUT2D eigenvalue weighted by molar-refractivity contribution is -0.444. The van der Waals surface area contributed by atoms with E-state index < -0.39 is 94.0 Å². The number of thiophene rings is 1. The van der Waals surface area contributed by atoms with Crippen molar-refractivity contribution in [3.8, 4) is 0 Å². The van der Waals surface area contributed by atoms with Crippen LogP contribution in [0.15, 0.2) is 10.8 Å². The van der Waals surface area contributed by atoms with E-state index in [2.05, 4.69) is 0 Å². The van der Waals surface area contributed by atoms with E-state index in [1.807, 2.05) is 9.97 Å². The Labute approximate surface area is 241 Å². The molecule has 29 heteroatoms. The Kier molecular flexibility index (Phi) is 8.91. The van der Waals surface area contributed by atoms with E-state index >= 15 is 0 Å². The van der Waals surface area contributed by atoms with Crippen LogP contribution in [-0.4, -0.2) is 69.7 Å². The normalized spacial score (nSPS) is 16.3. The van der Waals surface area contributed by atoms with Gasteiger partial charge in [-0.1, -0.05) is 0 Å². The highest BCUT2D eigenvalue weighted by Crippen LogP contribution is 2.65. The summed E-state index contributed by atoms with van der Waals surface area (Å²) in [5, 5.41) is 0.161. The highest BCUT2D eigenvalue weighted by molar-refractivity contribution is 7.09. The zero-order valence-corrected chi connectivity index (χ0v) is 21.1. The molecule has 0 aliphatic rings. The predicted molar refractivity (Wildman–Crippen MR) is 96.9 cm³/mol. The van der Waals surface area contributed by atoms with Crippen LogP contribution >= 0.6 is 11.3 Å². The van der Waals surface area contributed by atoms with Crippen molar-refractivity contribution in [3.05, 3.63) is 22.1 Å². The molecule has 0 spiro atoms. The van der Waals surface area contributed by atoms with Crippen molar-refractivity contribution in [3.63, 3.8) is 0 Å². The van der Waals surface area contributed by atoms with Crippen molar-refractivity contribution in [2.45, 2.75) is 71.6 Å². The van der Waals surface area contributed by atoms with E-state index in [0.29, 0.717) is 0 Å². The van der Waals surface area contributed by atoms with Gasteiger partial charge in [0.05, 0.1) is 11.0 Å². The summed E-state index contributed by atoms with van der Waals surface area (Å²) in [7, 11) is 0. The lowest BCUT2D eigenvalue weighted by Gasteiger charge is -2.41. The fourth-order valence-electron chi connectivity index (χ4n) is 3.07. The van der Waals surface area contributed by atoms with Gasteiger partial charge in [0.25, 0.3) is 0 Å². The molecule has 2 heterocycles. The van der Waals surface area contributed by atoms with Crippen molar-refractivity contribution in [1.29, 1.82) is 0 Å². The Bertz CT molecular complexity index is 1370. The minimum absolute atomic E-state index is 0.0807. The molecule has 0 fully saturated rings. The maximum atomic E-state index is 14.8. The number of alkyl halides is 26. The zero-order chi connectivity index (χ0) is 37.8. The van der Waals surface area contributed by atoms with E-state index in [1.54, 1.807) is 0 Å². The highest BCUT2D eigenvalue weighted by atomic mass is 32.1. The van der Waals surface area contributed by atoms with Crippen LogP contribution < -0.4 is 0 Å². The van der Waals surface area contributed by atoms with Gasteiger partial charge < -0.3 is 0 Å². The number of fused-ring (bicyclic) bond motifs is 1. The smallest absolute Gasteiger partial charge is 0.242 e. The van der Waals surface area contributed by atoms with Crippen molar-refractivity contribution in [2.24, 2.45) is 0 Å². The third-order valence-electron chi connectivity index (χ3n) is 5.77. The second kappa shape index (κ2) is 10.4. The van der Waals surface area contributed by atoms with Crippen molar-refractivity contribution in [2.75, 3.05) is 0 Å². The maximum absolute atomic E-state index is 14.8. The van der Waals surface area contributed by atoms with E-state index in [9.17, 15) is 114 Å². The van der Waals surface area contributed by atoms with Crippen LogP contribution in [0.1, 0.15) is 11.4 Å². The number of hydrogen-bond acceptors (Lipinski definition) is 3. The molecule has 0 N–H and O–H groups in total. The second-order valence-electron chi connectivity index (χ2n) is 8.80. The van der Waals surface area contributed by atoms with Gasteiger partial charge in [0.2, 0.25) is 0 Å². The van der Waals surface area contributed by atoms with E-state index in [4.69, 9.17) is 0 Å². The molecule has 0 aliphatic heterocycles. The van der Waals surface area contributed by atoms with Crippen molar-refractivity contribution >= 4 is 22.4 Å². The van der Waals surface area contributed by atoms with Gasteiger partial charge in [-0.05, 0) is 0 Å². The van der Waals surface area contributed by atoms with Gasteiger partial charge in [-0.3, -0.25) is 0 Å². The Hall–Kier alpha value is -2.78. The topological polar surface area (TPSA) is 25.8 Å². The lowest BCUT2D eigenvalue weighted by Crippen LogP contribution is -2.70. The molecular formula is C18H2F26N2S. The summed E-state index contributed by atoms with van der Waals surface area (Å²) in [6.07, 6.45) is -16.0. The summed E-state index contributed by atoms with van der Waals surface area (Å²) in [5.41, 5.74) is -12.4. The third kappa shape index (κ3) is 5.00. The van der Waals surface area contributed by atoms with Gasteiger partial charge in [-0.2, -0.15) is 114 Å². The molecule has 0 aliphatic carbocycles. The molecule has 272 valence electrons. The van der Waals surface area contributed by atoms with Gasteiger partial charge >= 0.3 is 71.6 Å². The van der Waals surface area contributed by atoms with Crippen LogP contribution in [0.2, 0.25) is 0 Å². The quantitative estimate of drug-likeness (QED) is 0.225. The molecule has 0 atom stereocenters. The fourth-order valence-corrected chi connectivity index (χ4v) is 3.74. The number of halogens is 26. The largest absolute Gasteiger partial charge is 0.460 e. The molecule has 2 nitrogen and oxygen atoms in total. The first kappa shape index (κ1) is 40.4. The van der Waals surface area contributed by atoms with Crippen LogP contribution in [0.25, 0.3) is 11.0 Å². The van der Waals surface area contributed by atoms with Crippen LogP contribution in [0.5, 0.6) is 0 Å². The summed E-state index contributed by atoms with van der Waals surface area (Å²) in [5.74, 6) is -85.9. The zero-order valence-electron chi connectivity index (χ0n) is 20.3. The Morgan fingerprint density at radius 1 is 0.319 bits per heavy atom. The van der Waals surface area contributed by atoms with Crippen molar-refractivity contribution in [1.82, 2.24) is 9.97 Å². The average Bonchev–Trinajstić information content (AvgIpc) is 3.33. The number of rotatable bonds is 10. The molecule has 47 heavy (non-hydrogen) atoms. The van der Waals surface area contributed by atoms with Gasteiger partial charge in [-0.15, -0.1) is 11.3 Å². The van der Waals surface area contributed by atoms with Crippen LogP contribution in [0.3, 0.4) is 0 Å². The molecule has 0 bridgehead atoms. The maximum Gasteiger partial charge on any atom is 0.460 e. The Balaban J connectivity index is 3.02.